The van der Waals surface area contributed by atoms with Crippen LogP contribution in [0.25, 0.3) is 0 Å². The number of hydrogen-bond acceptors (Lipinski definition) is 5. The van der Waals surface area contributed by atoms with Crippen molar-refractivity contribution in [1.29, 1.82) is 0 Å². The molecule has 23 heavy (non-hydrogen) atoms. The molecule has 0 aliphatic carbocycles. The first kappa shape index (κ1) is 17.0. The van der Waals surface area contributed by atoms with Crippen molar-refractivity contribution in [3.8, 4) is 11.5 Å². The lowest BCUT2D eigenvalue weighted by atomic mass is 9.90. The number of aldehydes is 1. The van der Waals surface area contributed by atoms with Gasteiger partial charge in [-0.2, -0.15) is 0 Å². The Balaban J connectivity index is 1.91. The van der Waals surface area contributed by atoms with E-state index in [9.17, 15) is 4.79 Å². The van der Waals surface area contributed by atoms with Crippen molar-refractivity contribution in [2.24, 2.45) is 0 Å². The molecule has 0 unspecified atom stereocenters. The molecule has 6 nitrogen and oxygen atoms in total. The number of carbonyl (C=O) groups is 1. The SMILES string of the molecule is COc1ccc(OCCCn2nnc(C=O)c2C(C)(C)C)cc1. The van der Waals surface area contributed by atoms with Gasteiger partial charge in [-0.25, -0.2) is 4.68 Å². The summed E-state index contributed by atoms with van der Waals surface area (Å²) in [4.78, 5) is 11.1. The third-order valence-electron chi connectivity index (χ3n) is 3.43. The average molecular weight is 317 g/mol. The maximum absolute atomic E-state index is 11.1. The first-order chi connectivity index (χ1) is 11.0. The summed E-state index contributed by atoms with van der Waals surface area (Å²) in [7, 11) is 1.63. The van der Waals surface area contributed by atoms with Gasteiger partial charge in [0.2, 0.25) is 0 Å². The van der Waals surface area contributed by atoms with Gasteiger partial charge in [0.25, 0.3) is 0 Å². The minimum absolute atomic E-state index is 0.184. The Bertz CT molecular complexity index is 642. The zero-order valence-corrected chi connectivity index (χ0v) is 14.1. The van der Waals surface area contributed by atoms with Crippen LogP contribution in [-0.4, -0.2) is 35.0 Å². The normalized spacial score (nSPS) is 11.3. The number of ether oxygens (including phenoxy) is 2. The number of carbonyl (C=O) groups excluding carboxylic acids is 1. The largest absolute Gasteiger partial charge is 0.497 e. The molecule has 0 amide bonds. The maximum Gasteiger partial charge on any atom is 0.172 e. The molecule has 2 aromatic rings. The minimum atomic E-state index is -0.184. The molecule has 1 heterocycles. The highest BCUT2D eigenvalue weighted by Crippen LogP contribution is 2.24. The molecule has 0 fully saturated rings. The summed E-state index contributed by atoms with van der Waals surface area (Å²) in [6, 6.07) is 7.47. The summed E-state index contributed by atoms with van der Waals surface area (Å²) in [6.45, 7) is 7.35. The van der Waals surface area contributed by atoms with Gasteiger partial charge in [0.05, 0.1) is 19.4 Å². The number of rotatable bonds is 7. The second kappa shape index (κ2) is 7.26. The molecule has 0 aliphatic rings. The van der Waals surface area contributed by atoms with Crippen molar-refractivity contribution in [2.45, 2.75) is 39.2 Å². The second-order valence-electron chi connectivity index (χ2n) is 6.29. The first-order valence-corrected chi connectivity index (χ1v) is 7.61. The van der Waals surface area contributed by atoms with Crippen LogP contribution in [-0.2, 0) is 12.0 Å². The molecule has 1 aromatic heterocycles. The van der Waals surface area contributed by atoms with Gasteiger partial charge in [-0.05, 0) is 24.3 Å². The Morgan fingerprint density at radius 1 is 1.17 bits per heavy atom. The van der Waals surface area contributed by atoms with Crippen LogP contribution < -0.4 is 9.47 Å². The summed E-state index contributed by atoms with van der Waals surface area (Å²) >= 11 is 0. The van der Waals surface area contributed by atoms with Gasteiger partial charge in [0, 0.05) is 18.4 Å². The topological polar surface area (TPSA) is 66.2 Å². The standard InChI is InChI=1S/C17H23N3O3/c1-17(2,3)16-15(12-21)18-19-20(16)10-5-11-23-14-8-6-13(22-4)7-9-14/h6-9,12H,5,10-11H2,1-4H3. The first-order valence-electron chi connectivity index (χ1n) is 7.61. The van der Waals surface area contributed by atoms with Gasteiger partial charge in [-0.1, -0.05) is 26.0 Å². The van der Waals surface area contributed by atoms with Gasteiger partial charge in [-0.3, -0.25) is 4.79 Å². The molecule has 124 valence electrons. The summed E-state index contributed by atoms with van der Waals surface area (Å²) in [5.74, 6) is 1.60. The van der Waals surface area contributed by atoms with Crippen molar-refractivity contribution in [3.63, 3.8) is 0 Å². The van der Waals surface area contributed by atoms with Crippen molar-refractivity contribution in [1.82, 2.24) is 15.0 Å². The fourth-order valence-corrected chi connectivity index (χ4v) is 2.41. The fourth-order valence-electron chi connectivity index (χ4n) is 2.41. The molecule has 0 N–H and O–H groups in total. The van der Waals surface area contributed by atoms with E-state index in [1.54, 1.807) is 11.8 Å². The number of hydrogen-bond donors (Lipinski definition) is 0. The number of nitrogens with zero attached hydrogens (tertiary/aromatic N) is 3. The fraction of sp³-hybridized carbons (Fsp3) is 0.471. The quantitative estimate of drug-likeness (QED) is 0.580. The van der Waals surface area contributed by atoms with Crippen LogP contribution in [0, 0.1) is 0 Å². The molecule has 0 bridgehead atoms. The van der Waals surface area contributed by atoms with Crippen LogP contribution in [0.2, 0.25) is 0 Å². The molecule has 0 saturated heterocycles. The van der Waals surface area contributed by atoms with Crippen molar-refractivity contribution >= 4 is 6.29 Å². The second-order valence-corrected chi connectivity index (χ2v) is 6.29. The van der Waals surface area contributed by atoms with Crippen molar-refractivity contribution < 1.29 is 14.3 Å². The van der Waals surface area contributed by atoms with E-state index in [1.165, 1.54) is 0 Å². The van der Waals surface area contributed by atoms with E-state index in [2.05, 4.69) is 10.3 Å². The van der Waals surface area contributed by atoms with Gasteiger partial charge < -0.3 is 9.47 Å². The van der Waals surface area contributed by atoms with E-state index in [0.29, 0.717) is 18.8 Å². The Morgan fingerprint density at radius 2 is 1.83 bits per heavy atom. The summed E-state index contributed by atoms with van der Waals surface area (Å²) in [5, 5.41) is 8.03. The van der Waals surface area contributed by atoms with E-state index in [-0.39, 0.29) is 5.41 Å². The van der Waals surface area contributed by atoms with Crippen LogP contribution in [0.3, 0.4) is 0 Å². The predicted octanol–water partition coefficient (Wildman–Crippen LogP) is 2.87. The van der Waals surface area contributed by atoms with Crippen LogP contribution in [0.1, 0.15) is 43.4 Å². The van der Waals surface area contributed by atoms with Crippen molar-refractivity contribution in [3.05, 3.63) is 35.7 Å². The molecule has 0 saturated carbocycles. The monoisotopic (exact) mass is 317 g/mol. The highest BCUT2D eigenvalue weighted by molar-refractivity contribution is 5.73. The molecule has 1 aromatic carbocycles. The molecular weight excluding hydrogens is 294 g/mol. The molecule has 2 rings (SSSR count). The highest BCUT2D eigenvalue weighted by atomic mass is 16.5. The zero-order chi connectivity index (χ0) is 16.9. The van der Waals surface area contributed by atoms with E-state index in [0.717, 1.165) is 29.9 Å². The average Bonchev–Trinajstić information content (AvgIpc) is 2.95. The molecule has 0 spiro atoms. The predicted molar refractivity (Wildman–Crippen MR) is 87.2 cm³/mol. The molecule has 0 radical (unpaired) electrons. The van der Waals surface area contributed by atoms with E-state index >= 15 is 0 Å². The highest BCUT2D eigenvalue weighted by Gasteiger charge is 2.24. The Labute approximate surface area is 136 Å². The van der Waals surface area contributed by atoms with E-state index < -0.39 is 0 Å². The summed E-state index contributed by atoms with van der Waals surface area (Å²) in [6.07, 6.45) is 1.54. The number of aryl methyl sites for hydroxylation is 1. The third kappa shape index (κ3) is 4.31. The van der Waals surface area contributed by atoms with Gasteiger partial charge in [0.15, 0.2) is 6.29 Å². The lowest BCUT2D eigenvalue weighted by Crippen LogP contribution is -2.21. The molecule has 6 heteroatoms. The molecular formula is C17H23N3O3. The van der Waals surface area contributed by atoms with Crippen molar-refractivity contribution in [2.75, 3.05) is 13.7 Å². The van der Waals surface area contributed by atoms with E-state index in [1.807, 2.05) is 45.0 Å². The summed E-state index contributed by atoms with van der Waals surface area (Å²) in [5.41, 5.74) is 1.09. The van der Waals surface area contributed by atoms with Crippen LogP contribution in [0.15, 0.2) is 24.3 Å². The molecule has 0 aliphatic heterocycles. The minimum Gasteiger partial charge on any atom is -0.497 e. The lowest BCUT2D eigenvalue weighted by Gasteiger charge is -2.20. The number of aromatic nitrogens is 3. The number of benzene rings is 1. The number of methoxy groups -OCH3 is 1. The molecule has 0 atom stereocenters. The lowest BCUT2D eigenvalue weighted by molar-refractivity contribution is 0.111. The van der Waals surface area contributed by atoms with Gasteiger partial charge in [-0.15, -0.1) is 5.10 Å². The van der Waals surface area contributed by atoms with Crippen LogP contribution in [0.5, 0.6) is 11.5 Å². The van der Waals surface area contributed by atoms with E-state index in [4.69, 9.17) is 9.47 Å². The van der Waals surface area contributed by atoms with Gasteiger partial charge >= 0.3 is 0 Å². The smallest absolute Gasteiger partial charge is 0.172 e. The third-order valence-corrected chi connectivity index (χ3v) is 3.43. The Kier molecular flexibility index (Phi) is 5.36. The van der Waals surface area contributed by atoms with Gasteiger partial charge in [0.1, 0.15) is 17.2 Å². The van der Waals surface area contributed by atoms with Crippen LogP contribution >= 0.6 is 0 Å². The Hall–Kier alpha value is -2.37. The van der Waals surface area contributed by atoms with Crippen LogP contribution in [0.4, 0.5) is 0 Å². The maximum atomic E-state index is 11.1. The zero-order valence-electron chi connectivity index (χ0n) is 14.1. The Morgan fingerprint density at radius 3 is 2.39 bits per heavy atom. The summed E-state index contributed by atoms with van der Waals surface area (Å²) < 4.78 is 12.6.